The van der Waals surface area contributed by atoms with Gasteiger partial charge in [0, 0.05) is 5.56 Å². The summed E-state index contributed by atoms with van der Waals surface area (Å²) in [7, 11) is 0. The van der Waals surface area contributed by atoms with Crippen LogP contribution in [-0.4, -0.2) is 34.5 Å². The minimum Gasteiger partial charge on any atom is -0.475 e. The van der Waals surface area contributed by atoms with Crippen LogP contribution >= 0.6 is 0 Å². The van der Waals surface area contributed by atoms with Crippen LogP contribution in [-0.2, 0) is 11.3 Å². The molecule has 0 aromatic carbocycles. The van der Waals surface area contributed by atoms with Gasteiger partial charge in [0.25, 0.3) is 0 Å². The number of nitrogens with two attached hydrogens (primary N) is 1. The lowest BCUT2D eigenvalue weighted by Crippen LogP contribution is -2.47. The smallest absolute Gasteiger partial charge is 0.372 e. The van der Waals surface area contributed by atoms with Crippen molar-refractivity contribution in [3.8, 4) is 0 Å². The Kier molecular flexibility index (Phi) is 3.90. The Morgan fingerprint density at radius 1 is 1.53 bits per heavy atom. The molecular weight excluding hydrogens is 248 g/mol. The molecule has 104 valence electrons. The van der Waals surface area contributed by atoms with Crippen molar-refractivity contribution >= 4 is 11.9 Å². The third-order valence-electron chi connectivity index (χ3n) is 3.46. The number of carbonyl (C=O) groups excluding carboxylic acids is 1. The van der Waals surface area contributed by atoms with Gasteiger partial charge in [-0.05, 0) is 32.4 Å². The van der Waals surface area contributed by atoms with E-state index in [-0.39, 0.29) is 17.7 Å². The van der Waals surface area contributed by atoms with Crippen molar-refractivity contribution in [2.75, 3.05) is 6.54 Å². The Balaban J connectivity index is 2.13. The molecule has 1 aromatic heterocycles. The first-order valence-electron chi connectivity index (χ1n) is 6.35. The van der Waals surface area contributed by atoms with Crippen LogP contribution in [0.1, 0.15) is 41.1 Å². The molecule has 0 bridgehead atoms. The van der Waals surface area contributed by atoms with E-state index in [9.17, 15) is 9.59 Å². The van der Waals surface area contributed by atoms with Crippen LogP contribution in [0.2, 0.25) is 0 Å². The van der Waals surface area contributed by atoms with Crippen molar-refractivity contribution in [3.05, 3.63) is 23.2 Å². The summed E-state index contributed by atoms with van der Waals surface area (Å²) < 4.78 is 5.31. The summed E-state index contributed by atoms with van der Waals surface area (Å²) in [6.45, 7) is 2.88. The van der Waals surface area contributed by atoms with E-state index < -0.39 is 5.97 Å². The van der Waals surface area contributed by atoms with Crippen LogP contribution in [0.25, 0.3) is 0 Å². The van der Waals surface area contributed by atoms with Gasteiger partial charge in [0.15, 0.2) is 0 Å². The molecule has 1 aliphatic rings. The maximum Gasteiger partial charge on any atom is 0.372 e. The Bertz CT molecular complexity index is 495. The maximum atomic E-state index is 11.4. The summed E-state index contributed by atoms with van der Waals surface area (Å²) in [5.41, 5.74) is 5.98. The number of hydrogen-bond acceptors (Lipinski definition) is 4. The molecular formula is C13H18N2O4. The molecule has 1 aromatic rings. The fourth-order valence-electron chi connectivity index (χ4n) is 2.54. The van der Waals surface area contributed by atoms with E-state index in [1.807, 2.05) is 4.90 Å². The van der Waals surface area contributed by atoms with E-state index in [0.29, 0.717) is 17.9 Å². The highest BCUT2D eigenvalue weighted by Crippen LogP contribution is 2.22. The fraction of sp³-hybridized carbons (Fsp3) is 0.538. The van der Waals surface area contributed by atoms with Crippen LogP contribution in [0, 0.1) is 6.92 Å². The van der Waals surface area contributed by atoms with Gasteiger partial charge in [-0.25, -0.2) is 4.79 Å². The molecule has 6 heteroatoms. The molecule has 0 spiro atoms. The number of carboxylic acids is 1. The number of nitrogens with zero attached hydrogens (tertiary/aromatic N) is 1. The number of likely N-dealkylation sites (tertiary alicyclic amines) is 1. The van der Waals surface area contributed by atoms with Gasteiger partial charge in [0.2, 0.25) is 11.7 Å². The van der Waals surface area contributed by atoms with Crippen molar-refractivity contribution in [1.82, 2.24) is 4.90 Å². The normalized spacial score (nSPS) is 20.4. The lowest BCUT2D eigenvalue weighted by Gasteiger charge is -2.32. The summed E-state index contributed by atoms with van der Waals surface area (Å²) in [6.07, 6.45) is 2.75. The average Bonchev–Trinajstić information content (AvgIpc) is 2.71. The number of carboxylic acid groups (broad SMARTS) is 1. The minimum absolute atomic E-state index is 0.0392. The van der Waals surface area contributed by atoms with Crippen molar-refractivity contribution in [3.63, 3.8) is 0 Å². The molecule has 0 saturated carbocycles. The zero-order chi connectivity index (χ0) is 14.0. The molecule has 1 aliphatic heterocycles. The zero-order valence-corrected chi connectivity index (χ0v) is 10.9. The van der Waals surface area contributed by atoms with Gasteiger partial charge < -0.3 is 15.3 Å². The second-order valence-corrected chi connectivity index (χ2v) is 4.91. The largest absolute Gasteiger partial charge is 0.475 e. The number of piperidine rings is 1. The van der Waals surface area contributed by atoms with Crippen LogP contribution < -0.4 is 5.73 Å². The molecule has 2 rings (SSSR count). The summed E-state index contributed by atoms with van der Waals surface area (Å²) in [5.74, 6) is -0.888. The zero-order valence-electron chi connectivity index (χ0n) is 10.9. The number of primary amides is 1. The van der Waals surface area contributed by atoms with E-state index in [4.69, 9.17) is 15.3 Å². The van der Waals surface area contributed by atoms with E-state index in [2.05, 4.69) is 0 Å². The molecule has 6 nitrogen and oxygen atoms in total. The van der Waals surface area contributed by atoms with Gasteiger partial charge in [-0.3, -0.25) is 9.69 Å². The monoisotopic (exact) mass is 266 g/mol. The topological polar surface area (TPSA) is 96.8 Å². The van der Waals surface area contributed by atoms with Gasteiger partial charge in [0.1, 0.15) is 5.76 Å². The summed E-state index contributed by atoms with van der Waals surface area (Å²) in [5, 5.41) is 8.94. The van der Waals surface area contributed by atoms with E-state index >= 15 is 0 Å². The molecule has 1 fully saturated rings. The number of rotatable bonds is 4. The Labute approximate surface area is 111 Å². The van der Waals surface area contributed by atoms with Gasteiger partial charge >= 0.3 is 5.97 Å². The van der Waals surface area contributed by atoms with Crippen molar-refractivity contribution in [2.24, 2.45) is 5.73 Å². The average molecular weight is 266 g/mol. The van der Waals surface area contributed by atoms with Crippen LogP contribution in [0.4, 0.5) is 0 Å². The van der Waals surface area contributed by atoms with Crippen molar-refractivity contribution in [2.45, 2.75) is 38.8 Å². The SMILES string of the molecule is Cc1cc(CN2CCCCC2C(N)=O)oc1C(=O)O. The number of carbonyl (C=O) groups is 2. The molecule has 1 amide bonds. The maximum absolute atomic E-state index is 11.4. The summed E-state index contributed by atoms with van der Waals surface area (Å²) in [4.78, 5) is 24.3. The molecule has 19 heavy (non-hydrogen) atoms. The first-order chi connectivity index (χ1) is 8.99. The predicted molar refractivity (Wildman–Crippen MR) is 67.6 cm³/mol. The second kappa shape index (κ2) is 5.44. The quantitative estimate of drug-likeness (QED) is 0.851. The number of furan rings is 1. The number of aromatic carboxylic acids is 1. The Morgan fingerprint density at radius 3 is 2.84 bits per heavy atom. The fourth-order valence-corrected chi connectivity index (χ4v) is 2.54. The van der Waals surface area contributed by atoms with Gasteiger partial charge in [-0.2, -0.15) is 0 Å². The molecule has 1 atom stereocenters. The van der Waals surface area contributed by atoms with E-state index in [0.717, 1.165) is 25.8 Å². The number of hydrogen-bond donors (Lipinski definition) is 2. The molecule has 1 unspecified atom stereocenters. The minimum atomic E-state index is -1.08. The first kappa shape index (κ1) is 13.6. The first-order valence-corrected chi connectivity index (χ1v) is 6.35. The van der Waals surface area contributed by atoms with Crippen LogP contribution in [0.15, 0.2) is 10.5 Å². The third-order valence-corrected chi connectivity index (χ3v) is 3.46. The Hall–Kier alpha value is -1.82. The van der Waals surface area contributed by atoms with Crippen molar-refractivity contribution < 1.29 is 19.1 Å². The summed E-state index contributed by atoms with van der Waals surface area (Å²) >= 11 is 0. The number of amides is 1. The highest BCUT2D eigenvalue weighted by Gasteiger charge is 2.28. The predicted octanol–water partition coefficient (Wildman–Crippen LogP) is 1.13. The number of aryl methyl sites for hydroxylation is 1. The molecule has 1 saturated heterocycles. The highest BCUT2D eigenvalue weighted by atomic mass is 16.4. The lowest BCUT2D eigenvalue weighted by atomic mass is 10.0. The van der Waals surface area contributed by atoms with Gasteiger partial charge in [0.05, 0.1) is 12.6 Å². The van der Waals surface area contributed by atoms with E-state index in [1.165, 1.54) is 0 Å². The standard InChI is InChI=1S/C13H18N2O4/c1-8-6-9(19-11(8)13(17)18)7-15-5-3-2-4-10(15)12(14)16/h6,10H,2-5,7H2,1H3,(H2,14,16)(H,17,18). The molecule has 2 heterocycles. The van der Waals surface area contributed by atoms with Crippen LogP contribution in [0.5, 0.6) is 0 Å². The molecule has 0 aliphatic carbocycles. The third kappa shape index (κ3) is 2.96. The van der Waals surface area contributed by atoms with Crippen LogP contribution in [0.3, 0.4) is 0 Å². The van der Waals surface area contributed by atoms with Gasteiger partial charge in [-0.15, -0.1) is 0 Å². The summed E-state index contributed by atoms with van der Waals surface area (Å²) in [6, 6.07) is 1.42. The van der Waals surface area contributed by atoms with E-state index in [1.54, 1.807) is 13.0 Å². The molecule has 3 N–H and O–H groups in total. The molecule has 0 radical (unpaired) electrons. The Morgan fingerprint density at radius 2 is 2.26 bits per heavy atom. The van der Waals surface area contributed by atoms with Crippen molar-refractivity contribution in [1.29, 1.82) is 0 Å². The highest BCUT2D eigenvalue weighted by molar-refractivity contribution is 5.86. The lowest BCUT2D eigenvalue weighted by molar-refractivity contribution is -0.124. The van der Waals surface area contributed by atoms with Gasteiger partial charge in [-0.1, -0.05) is 6.42 Å². The second-order valence-electron chi connectivity index (χ2n) is 4.91.